The van der Waals surface area contributed by atoms with E-state index in [-0.39, 0.29) is 70.7 Å². The van der Waals surface area contributed by atoms with Gasteiger partial charge in [0.2, 0.25) is 11.8 Å². The summed E-state index contributed by atoms with van der Waals surface area (Å²) < 4.78 is 44.9. The molecule has 2 aliphatic rings. The van der Waals surface area contributed by atoms with Crippen LogP contribution in [0.3, 0.4) is 0 Å². The van der Waals surface area contributed by atoms with E-state index in [0.717, 1.165) is 12.8 Å². The Balaban J connectivity index is 1.58. The Bertz CT molecular complexity index is 1250. The molecule has 0 aromatic rings. The van der Waals surface area contributed by atoms with Crippen molar-refractivity contribution in [2.75, 3.05) is 105 Å². The molecule has 2 heterocycles. The molecular formula is C39H72N6O16. The van der Waals surface area contributed by atoms with Crippen LogP contribution in [0.4, 0.5) is 0 Å². The molecule has 61 heavy (non-hydrogen) atoms. The van der Waals surface area contributed by atoms with Gasteiger partial charge in [-0.1, -0.05) is 6.42 Å². The zero-order valence-electron chi connectivity index (χ0n) is 35.7. The first-order valence-electron chi connectivity index (χ1n) is 20.9. The average Bonchev–Trinajstić information content (AvgIpc) is 3.20. The van der Waals surface area contributed by atoms with Gasteiger partial charge >= 0.3 is 5.97 Å². The normalized spacial score (nSPS) is 24.4. The van der Waals surface area contributed by atoms with Gasteiger partial charge in [0.05, 0.1) is 110 Å². The predicted molar refractivity (Wildman–Crippen MR) is 218 cm³/mol. The number of nitrogens with zero attached hydrogens (tertiary/aromatic N) is 1. The number of carboxylic acids is 1. The molecule has 0 aromatic carbocycles. The van der Waals surface area contributed by atoms with Crippen molar-refractivity contribution in [2.24, 2.45) is 5.73 Å². The summed E-state index contributed by atoms with van der Waals surface area (Å²) in [5, 5.41) is 59.7. The molecular weight excluding hydrogens is 808 g/mol. The SMILES string of the molecule is CC(=O)NC1CC(O)C(CO)OC1OCCOCCOCCN/C=C(\N)CN(/C=C/NCCOCCOCCOC1OC(CO)C(O)CC1NC(C)=O)CCCCCC(=O)O. The van der Waals surface area contributed by atoms with Crippen molar-refractivity contribution in [1.82, 2.24) is 26.2 Å². The van der Waals surface area contributed by atoms with Gasteiger partial charge < -0.3 is 95.3 Å². The fourth-order valence-corrected chi connectivity index (χ4v) is 6.23. The van der Waals surface area contributed by atoms with Crippen molar-refractivity contribution in [1.29, 1.82) is 0 Å². The second kappa shape index (κ2) is 33.2. The van der Waals surface area contributed by atoms with Gasteiger partial charge in [-0.25, -0.2) is 0 Å². The minimum Gasteiger partial charge on any atom is -0.481 e. The molecule has 11 N–H and O–H groups in total. The van der Waals surface area contributed by atoms with E-state index in [1.54, 1.807) is 6.20 Å². The molecule has 2 rings (SSSR count). The van der Waals surface area contributed by atoms with Gasteiger partial charge in [0.15, 0.2) is 12.6 Å². The first-order valence-corrected chi connectivity index (χ1v) is 20.9. The van der Waals surface area contributed by atoms with Crippen LogP contribution in [0.2, 0.25) is 0 Å². The molecule has 2 fully saturated rings. The Kier molecular flexibility index (Phi) is 29.3. The topological polar surface area (TPSA) is 304 Å². The lowest BCUT2D eigenvalue weighted by molar-refractivity contribution is -0.244. The monoisotopic (exact) mass is 881 g/mol. The number of hydrogen-bond acceptors (Lipinski definition) is 19. The third-order valence-electron chi connectivity index (χ3n) is 9.22. The molecule has 0 spiro atoms. The number of hydrogen-bond donors (Lipinski definition) is 10. The van der Waals surface area contributed by atoms with Crippen molar-refractivity contribution >= 4 is 17.8 Å². The molecule has 354 valence electrons. The Morgan fingerprint density at radius 2 is 1.18 bits per heavy atom. The Labute approximate surface area is 358 Å². The van der Waals surface area contributed by atoms with Crippen LogP contribution in [0.15, 0.2) is 24.3 Å². The van der Waals surface area contributed by atoms with Crippen LogP contribution < -0.4 is 27.0 Å². The number of nitrogens with one attached hydrogen (secondary N) is 4. The van der Waals surface area contributed by atoms with Crippen LogP contribution in [0.1, 0.15) is 52.4 Å². The molecule has 0 saturated carbocycles. The van der Waals surface area contributed by atoms with Gasteiger partial charge in [-0.3, -0.25) is 14.4 Å². The minimum absolute atomic E-state index is 0.133. The summed E-state index contributed by atoms with van der Waals surface area (Å²) in [4.78, 5) is 35.9. The smallest absolute Gasteiger partial charge is 0.303 e. The summed E-state index contributed by atoms with van der Waals surface area (Å²) in [6.07, 6.45) is 3.08. The molecule has 22 heteroatoms. The second-order valence-electron chi connectivity index (χ2n) is 14.5. The highest BCUT2D eigenvalue weighted by molar-refractivity contribution is 5.73. The van der Waals surface area contributed by atoms with Crippen molar-refractivity contribution in [3.63, 3.8) is 0 Å². The molecule has 22 nitrogen and oxygen atoms in total. The number of carboxylic acid groups (broad SMARTS) is 1. The van der Waals surface area contributed by atoms with Crippen molar-refractivity contribution in [3.05, 3.63) is 24.3 Å². The van der Waals surface area contributed by atoms with E-state index in [4.69, 9.17) is 48.7 Å². The maximum atomic E-state index is 11.5. The highest BCUT2D eigenvalue weighted by Gasteiger charge is 2.39. The number of unbranched alkanes of at least 4 members (excludes halogenated alkanes) is 2. The first kappa shape index (κ1) is 53.7. The highest BCUT2D eigenvalue weighted by Crippen LogP contribution is 2.22. The van der Waals surface area contributed by atoms with E-state index in [9.17, 15) is 34.8 Å². The summed E-state index contributed by atoms with van der Waals surface area (Å²) in [6, 6.07) is -1.09. The third-order valence-corrected chi connectivity index (χ3v) is 9.22. The summed E-state index contributed by atoms with van der Waals surface area (Å²) in [5.41, 5.74) is 6.89. The van der Waals surface area contributed by atoms with Crippen LogP contribution in [-0.4, -0.2) is 203 Å². The first-order chi connectivity index (χ1) is 29.4. The van der Waals surface area contributed by atoms with E-state index < -0.39 is 55.0 Å². The summed E-state index contributed by atoms with van der Waals surface area (Å²) in [5.74, 6) is -1.37. The van der Waals surface area contributed by atoms with Gasteiger partial charge in [-0.2, -0.15) is 0 Å². The molecule has 0 aromatic heterocycles. The zero-order valence-corrected chi connectivity index (χ0v) is 35.7. The quantitative estimate of drug-likeness (QED) is 0.0293. The van der Waals surface area contributed by atoms with Crippen LogP contribution >= 0.6 is 0 Å². The van der Waals surface area contributed by atoms with E-state index in [1.165, 1.54) is 13.8 Å². The number of ether oxygens (including phenoxy) is 8. The van der Waals surface area contributed by atoms with Gasteiger partial charge in [-0.05, 0) is 12.8 Å². The lowest BCUT2D eigenvalue weighted by atomic mass is 10.0. The van der Waals surface area contributed by atoms with Gasteiger partial charge in [0.25, 0.3) is 0 Å². The summed E-state index contributed by atoms with van der Waals surface area (Å²) >= 11 is 0. The Morgan fingerprint density at radius 3 is 1.66 bits per heavy atom. The number of aliphatic hydroxyl groups excluding tert-OH is 4. The molecule has 2 aliphatic heterocycles. The maximum absolute atomic E-state index is 11.5. The van der Waals surface area contributed by atoms with Crippen LogP contribution in [0, 0.1) is 0 Å². The van der Waals surface area contributed by atoms with Gasteiger partial charge in [-0.15, -0.1) is 0 Å². The van der Waals surface area contributed by atoms with E-state index in [1.807, 2.05) is 17.3 Å². The molecule has 0 aliphatic carbocycles. The molecule has 0 radical (unpaired) electrons. The largest absolute Gasteiger partial charge is 0.481 e. The standard InChI is InChI=1S/C39H72N6O16/c1-28(48)43-31-22-33(50)35(26-46)60-38(31)58-20-18-56-16-14-54-12-8-41-7-11-45(10-5-3-4-6-37(52)53)25-30(40)24-42-9-13-55-15-17-57-19-21-59-39-32(44-29(2)49)23-34(51)36(27-47)61-39/h7,11,24,31-36,38-39,41-42,46-47,50-51H,3-6,8-10,12-23,25-27,40H2,1-2H3,(H,43,48)(H,44,49)(H,52,53)/b11-7+,30-24-. The second-order valence-corrected chi connectivity index (χ2v) is 14.5. The number of aliphatic hydroxyl groups is 4. The number of nitrogens with two attached hydrogens (primary N) is 1. The van der Waals surface area contributed by atoms with E-state index in [2.05, 4.69) is 21.3 Å². The van der Waals surface area contributed by atoms with E-state index in [0.29, 0.717) is 77.9 Å². The number of carbonyl (C=O) groups excluding carboxylic acids is 2. The van der Waals surface area contributed by atoms with E-state index >= 15 is 0 Å². The molecule has 8 atom stereocenters. The lowest BCUT2D eigenvalue weighted by Gasteiger charge is -2.38. The fraction of sp³-hybridized carbons (Fsp3) is 0.821. The Morgan fingerprint density at radius 1 is 0.705 bits per heavy atom. The molecule has 0 bridgehead atoms. The molecule has 2 saturated heterocycles. The zero-order chi connectivity index (χ0) is 44.7. The number of rotatable bonds is 35. The minimum atomic E-state index is -0.915. The fourth-order valence-electron chi connectivity index (χ4n) is 6.23. The number of carbonyl (C=O) groups is 3. The van der Waals surface area contributed by atoms with Crippen LogP contribution in [0.5, 0.6) is 0 Å². The van der Waals surface area contributed by atoms with Crippen molar-refractivity contribution < 1.29 is 77.8 Å². The summed E-state index contributed by atoms with van der Waals surface area (Å²) in [7, 11) is 0. The Hall–Kier alpha value is -3.39. The predicted octanol–water partition coefficient (Wildman–Crippen LogP) is -2.57. The van der Waals surface area contributed by atoms with Gasteiger partial charge in [0.1, 0.15) is 12.2 Å². The van der Waals surface area contributed by atoms with Crippen molar-refractivity contribution in [3.8, 4) is 0 Å². The van der Waals surface area contributed by atoms with Gasteiger partial charge in [0, 0.05) is 77.0 Å². The van der Waals surface area contributed by atoms with Crippen LogP contribution in [0.25, 0.3) is 0 Å². The van der Waals surface area contributed by atoms with Crippen molar-refractivity contribution in [2.45, 2.75) is 101 Å². The third kappa shape index (κ3) is 25.3. The average molecular weight is 881 g/mol. The maximum Gasteiger partial charge on any atom is 0.303 e. The summed E-state index contributed by atoms with van der Waals surface area (Å²) in [6.45, 7) is 7.32. The molecule has 2 amide bonds. The number of amides is 2. The lowest BCUT2D eigenvalue weighted by Crippen LogP contribution is -2.56. The highest BCUT2D eigenvalue weighted by atomic mass is 16.7. The van der Waals surface area contributed by atoms with Crippen LogP contribution in [-0.2, 0) is 52.3 Å². The number of aliphatic carboxylic acids is 1. The molecule has 8 unspecified atom stereocenters.